The van der Waals surface area contributed by atoms with Gasteiger partial charge in [-0.25, -0.2) is 0 Å². The van der Waals surface area contributed by atoms with Gasteiger partial charge in [-0.1, -0.05) is 40.5 Å². The number of carbonyl (C=O) groups is 2. The fourth-order valence-electron chi connectivity index (χ4n) is 3.69. The lowest BCUT2D eigenvalue weighted by Gasteiger charge is -2.08. The first-order valence-electron chi connectivity index (χ1n) is 9.04. The minimum Gasteiger partial charge on any atom is -0.351 e. The minimum atomic E-state index is 0.665. The molecule has 0 saturated carbocycles. The summed E-state index contributed by atoms with van der Waals surface area (Å²) in [7, 11) is 0. The van der Waals surface area contributed by atoms with Crippen LogP contribution in [0.1, 0.15) is 83.8 Å². The Morgan fingerprint density at radius 3 is 1.29 bits per heavy atom. The van der Waals surface area contributed by atoms with Crippen LogP contribution < -0.4 is 0 Å². The van der Waals surface area contributed by atoms with Crippen LogP contribution in [0.25, 0.3) is 11.4 Å². The predicted octanol–water partition coefficient (Wildman–Crippen LogP) is 4.66. The first-order chi connectivity index (χ1) is 11.7. The van der Waals surface area contributed by atoms with Crippen LogP contribution in [0, 0.1) is 0 Å². The summed E-state index contributed by atoms with van der Waals surface area (Å²) >= 11 is 0. The van der Waals surface area contributed by atoms with E-state index in [1.807, 2.05) is 0 Å². The highest BCUT2D eigenvalue weighted by Gasteiger charge is 2.22. The van der Waals surface area contributed by atoms with Crippen molar-refractivity contribution in [3.05, 3.63) is 33.6 Å². The van der Waals surface area contributed by atoms with Crippen molar-refractivity contribution in [2.45, 2.75) is 66.2 Å². The smallest absolute Gasteiger partial charge is 0.166 e. The number of hydrogen-bond donors (Lipinski definition) is 2. The number of aromatic nitrogens is 2. The monoisotopic (exact) mass is 328 g/mol. The molecule has 2 aromatic heterocycles. The van der Waals surface area contributed by atoms with Crippen molar-refractivity contribution < 1.29 is 9.59 Å². The average Bonchev–Trinajstić information content (AvgIpc) is 3.12. The molecule has 0 saturated heterocycles. The van der Waals surface area contributed by atoms with Crippen molar-refractivity contribution in [3.8, 4) is 11.4 Å². The molecule has 0 radical (unpaired) electrons. The molecule has 0 unspecified atom stereocenters. The fourth-order valence-corrected chi connectivity index (χ4v) is 3.69. The molecule has 4 nitrogen and oxygen atoms in total. The van der Waals surface area contributed by atoms with E-state index >= 15 is 0 Å². The SMILES string of the molecule is CCCc1c(-c2[nH]c(C=O)c(CC)c2CCC)[nH]c(C=O)c1CC. The Labute approximate surface area is 144 Å². The molecule has 0 bridgehead atoms. The van der Waals surface area contributed by atoms with Gasteiger partial charge in [-0.2, -0.15) is 0 Å². The van der Waals surface area contributed by atoms with E-state index in [2.05, 4.69) is 37.7 Å². The summed E-state index contributed by atoms with van der Waals surface area (Å²) in [5.41, 5.74) is 7.93. The number of carbonyl (C=O) groups excluding carboxylic acids is 2. The summed E-state index contributed by atoms with van der Waals surface area (Å²) in [5.74, 6) is 0. The molecule has 0 aliphatic heterocycles. The lowest BCUT2D eigenvalue weighted by atomic mass is 9.96. The normalized spacial score (nSPS) is 11.0. The number of hydrogen-bond acceptors (Lipinski definition) is 2. The van der Waals surface area contributed by atoms with Crippen LogP contribution in [0.5, 0.6) is 0 Å². The maximum atomic E-state index is 11.5. The first kappa shape index (κ1) is 18.2. The van der Waals surface area contributed by atoms with Gasteiger partial charge >= 0.3 is 0 Å². The van der Waals surface area contributed by atoms with E-state index in [1.54, 1.807) is 0 Å². The molecule has 2 rings (SSSR count). The van der Waals surface area contributed by atoms with E-state index in [1.165, 1.54) is 11.1 Å². The van der Waals surface area contributed by atoms with Crippen molar-refractivity contribution in [2.75, 3.05) is 0 Å². The molecule has 0 amide bonds. The Morgan fingerprint density at radius 1 is 0.667 bits per heavy atom. The maximum Gasteiger partial charge on any atom is 0.166 e. The first-order valence-corrected chi connectivity index (χ1v) is 9.04. The number of aromatic amines is 2. The van der Waals surface area contributed by atoms with E-state index in [0.29, 0.717) is 11.4 Å². The van der Waals surface area contributed by atoms with Gasteiger partial charge in [0, 0.05) is 0 Å². The standard InChI is InChI=1S/C20H28N2O2/c1-5-9-15-13(7-3)17(11-23)21-19(15)20-16(10-6-2)14(8-4)18(12-24)22-20/h11-12,21-22H,5-10H2,1-4H3. The van der Waals surface area contributed by atoms with E-state index < -0.39 is 0 Å². The van der Waals surface area contributed by atoms with Gasteiger partial charge in [0.15, 0.2) is 12.6 Å². The van der Waals surface area contributed by atoms with Gasteiger partial charge in [0.1, 0.15) is 0 Å². The van der Waals surface area contributed by atoms with Crippen LogP contribution in [0.3, 0.4) is 0 Å². The summed E-state index contributed by atoms with van der Waals surface area (Å²) in [6.07, 6.45) is 7.34. The molecule has 0 aliphatic carbocycles. The molecule has 24 heavy (non-hydrogen) atoms. The third kappa shape index (κ3) is 3.10. The topological polar surface area (TPSA) is 65.7 Å². The minimum absolute atomic E-state index is 0.665. The van der Waals surface area contributed by atoms with Crippen LogP contribution in [-0.2, 0) is 25.7 Å². The Kier molecular flexibility index (Phi) is 6.18. The van der Waals surface area contributed by atoms with Crippen molar-refractivity contribution in [3.63, 3.8) is 0 Å². The molecule has 130 valence electrons. The largest absolute Gasteiger partial charge is 0.351 e. The van der Waals surface area contributed by atoms with Crippen molar-refractivity contribution in [1.82, 2.24) is 9.97 Å². The van der Waals surface area contributed by atoms with Gasteiger partial charge in [0.05, 0.1) is 22.8 Å². The van der Waals surface area contributed by atoms with Gasteiger partial charge in [0.25, 0.3) is 0 Å². The second-order valence-corrected chi connectivity index (χ2v) is 6.18. The lowest BCUT2D eigenvalue weighted by molar-refractivity contribution is 0.111. The molecule has 4 heteroatoms. The molecular weight excluding hydrogens is 300 g/mol. The van der Waals surface area contributed by atoms with E-state index in [4.69, 9.17) is 0 Å². The van der Waals surface area contributed by atoms with Gasteiger partial charge < -0.3 is 9.97 Å². The Balaban J connectivity index is 2.75. The zero-order valence-electron chi connectivity index (χ0n) is 15.2. The number of rotatable bonds is 9. The van der Waals surface area contributed by atoms with Crippen LogP contribution >= 0.6 is 0 Å². The lowest BCUT2D eigenvalue weighted by Crippen LogP contribution is -1.95. The molecule has 0 fully saturated rings. The summed E-state index contributed by atoms with van der Waals surface area (Å²) in [4.78, 5) is 29.6. The van der Waals surface area contributed by atoms with Crippen LogP contribution in [0.4, 0.5) is 0 Å². The van der Waals surface area contributed by atoms with Crippen molar-refractivity contribution >= 4 is 12.6 Å². The molecule has 2 aromatic rings. The van der Waals surface area contributed by atoms with Crippen molar-refractivity contribution in [1.29, 1.82) is 0 Å². The molecule has 0 atom stereocenters. The van der Waals surface area contributed by atoms with Crippen LogP contribution in [-0.4, -0.2) is 22.5 Å². The van der Waals surface area contributed by atoms with Crippen molar-refractivity contribution in [2.24, 2.45) is 0 Å². The summed E-state index contributed by atoms with van der Waals surface area (Å²) < 4.78 is 0. The van der Waals surface area contributed by atoms with E-state index in [0.717, 1.165) is 73.6 Å². The zero-order valence-corrected chi connectivity index (χ0v) is 15.2. The van der Waals surface area contributed by atoms with Crippen LogP contribution in [0.2, 0.25) is 0 Å². The third-order valence-corrected chi connectivity index (χ3v) is 4.69. The van der Waals surface area contributed by atoms with Gasteiger partial charge in [0.2, 0.25) is 0 Å². The Morgan fingerprint density at radius 2 is 1.04 bits per heavy atom. The number of aldehydes is 2. The number of nitrogens with one attached hydrogen (secondary N) is 2. The second-order valence-electron chi connectivity index (χ2n) is 6.18. The molecular formula is C20H28N2O2. The van der Waals surface area contributed by atoms with Crippen LogP contribution in [0.15, 0.2) is 0 Å². The van der Waals surface area contributed by atoms with E-state index in [-0.39, 0.29) is 0 Å². The number of H-pyrrole nitrogens is 2. The predicted molar refractivity (Wildman–Crippen MR) is 98.1 cm³/mol. The second kappa shape index (κ2) is 8.13. The Bertz CT molecular complexity index is 660. The molecule has 0 aromatic carbocycles. The fraction of sp³-hybridized carbons (Fsp3) is 0.500. The van der Waals surface area contributed by atoms with Gasteiger partial charge in [-0.15, -0.1) is 0 Å². The summed E-state index contributed by atoms with van der Waals surface area (Å²) in [6.45, 7) is 8.45. The van der Waals surface area contributed by atoms with E-state index in [9.17, 15) is 9.59 Å². The average molecular weight is 328 g/mol. The molecule has 0 spiro atoms. The highest BCUT2D eigenvalue weighted by molar-refractivity contribution is 5.84. The Hall–Kier alpha value is -2.10. The zero-order chi connectivity index (χ0) is 17.7. The highest BCUT2D eigenvalue weighted by atomic mass is 16.1. The third-order valence-electron chi connectivity index (χ3n) is 4.69. The highest BCUT2D eigenvalue weighted by Crippen LogP contribution is 2.34. The maximum absolute atomic E-state index is 11.5. The summed E-state index contributed by atoms with van der Waals surface area (Å²) in [5, 5.41) is 0. The quantitative estimate of drug-likeness (QED) is 0.657. The molecule has 2 N–H and O–H groups in total. The summed E-state index contributed by atoms with van der Waals surface area (Å²) in [6, 6.07) is 0. The van der Waals surface area contributed by atoms with Gasteiger partial charge in [-0.3, -0.25) is 9.59 Å². The molecule has 0 aliphatic rings. The van der Waals surface area contributed by atoms with Gasteiger partial charge in [-0.05, 0) is 47.9 Å². The molecule has 2 heterocycles.